The van der Waals surface area contributed by atoms with Crippen molar-refractivity contribution in [3.63, 3.8) is 0 Å². The molecular formula is C27H54O10. The molecule has 4 atom stereocenters. The van der Waals surface area contributed by atoms with E-state index in [4.69, 9.17) is 38.6 Å². The van der Waals surface area contributed by atoms with Gasteiger partial charge in [0.1, 0.15) is 31.0 Å². The summed E-state index contributed by atoms with van der Waals surface area (Å²) >= 11 is 0. The van der Waals surface area contributed by atoms with Gasteiger partial charge < -0.3 is 43.7 Å². The molecular weight excluding hydrogens is 484 g/mol. The van der Waals surface area contributed by atoms with Crippen LogP contribution in [0.2, 0.25) is 0 Å². The molecule has 4 unspecified atom stereocenters. The van der Waals surface area contributed by atoms with Gasteiger partial charge in [-0.05, 0) is 6.42 Å². The van der Waals surface area contributed by atoms with Gasteiger partial charge in [0.15, 0.2) is 0 Å². The van der Waals surface area contributed by atoms with Crippen molar-refractivity contribution < 1.29 is 48.5 Å². The van der Waals surface area contributed by atoms with Crippen molar-refractivity contribution >= 4 is 5.97 Å². The van der Waals surface area contributed by atoms with Crippen LogP contribution in [0.5, 0.6) is 0 Å². The van der Waals surface area contributed by atoms with Crippen molar-refractivity contribution in [2.45, 2.75) is 103 Å². The summed E-state index contributed by atoms with van der Waals surface area (Å²) in [5.74, 6) is -0.213. The highest BCUT2D eigenvalue weighted by atomic mass is 16.6. The van der Waals surface area contributed by atoms with Crippen LogP contribution < -0.4 is 0 Å². The van der Waals surface area contributed by atoms with Crippen molar-refractivity contribution in [2.75, 3.05) is 66.1 Å². The van der Waals surface area contributed by atoms with Crippen molar-refractivity contribution in [2.24, 2.45) is 0 Å². The van der Waals surface area contributed by atoms with E-state index in [0.29, 0.717) is 6.42 Å². The molecule has 1 heterocycles. The molecule has 1 saturated heterocycles. The lowest BCUT2D eigenvalue weighted by Crippen LogP contribution is -2.45. The second kappa shape index (κ2) is 25.4. The van der Waals surface area contributed by atoms with Crippen molar-refractivity contribution in [1.82, 2.24) is 0 Å². The molecule has 0 radical (unpaired) electrons. The Balaban J connectivity index is 0.0000130. The van der Waals surface area contributed by atoms with Crippen LogP contribution in [0.25, 0.3) is 0 Å². The van der Waals surface area contributed by atoms with Gasteiger partial charge in [0.05, 0.1) is 59.5 Å². The second-order valence-corrected chi connectivity index (χ2v) is 9.00. The number of rotatable bonds is 25. The van der Waals surface area contributed by atoms with E-state index >= 15 is 0 Å². The van der Waals surface area contributed by atoms with Crippen LogP contribution >= 0.6 is 0 Å². The molecule has 1 fully saturated rings. The number of esters is 1. The molecule has 0 aliphatic carbocycles. The first-order valence-electron chi connectivity index (χ1n) is 13.7. The number of ether oxygens (including phenoxy) is 6. The van der Waals surface area contributed by atoms with Crippen LogP contribution in [0.4, 0.5) is 0 Å². The highest BCUT2D eigenvalue weighted by Crippen LogP contribution is 2.25. The smallest absolute Gasteiger partial charge is 0.305 e. The summed E-state index contributed by atoms with van der Waals surface area (Å²) in [4.78, 5) is 11.9. The van der Waals surface area contributed by atoms with Gasteiger partial charge in [-0.1, -0.05) is 65.7 Å². The third-order valence-electron chi connectivity index (χ3n) is 6.01. The van der Waals surface area contributed by atoms with Crippen LogP contribution in [0.1, 0.15) is 78.6 Å². The van der Waals surface area contributed by atoms with E-state index < -0.39 is 24.4 Å². The summed E-state index contributed by atoms with van der Waals surface area (Å²) in [5.41, 5.74) is 0. The zero-order valence-corrected chi connectivity index (χ0v) is 22.2. The number of hydrogen-bond acceptors (Lipinski definition) is 10. The minimum absolute atomic E-state index is 0. The van der Waals surface area contributed by atoms with Gasteiger partial charge in [-0.25, -0.2) is 0 Å². The summed E-state index contributed by atoms with van der Waals surface area (Å²) in [6, 6.07) is 0. The van der Waals surface area contributed by atoms with E-state index in [0.717, 1.165) is 19.3 Å². The van der Waals surface area contributed by atoms with E-state index in [-0.39, 0.29) is 79.5 Å². The van der Waals surface area contributed by atoms with Crippen LogP contribution in [-0.2, 0) is 33.2 Å². The molecule has 0 saturated carbocycles. The average Bonchev–Trinajstić information content (AvgIpc) is 3.29. The Bertz CT molecular complexity index is 508. The van der Waals surface area contributed by atoms with Crippen LogP contribution in [0, 0.1) is 0 Å². The Hall–Kier alpha value is -0.850. The zero-order valence-electron chi connectivity index (χ0n) is 22.2. The third-order valence-corrected chi connectivity index (χ3v) is 6.01. The summed E-state index contributed by atoms with van der Waals surface area (Å²) in [6.07, 6.45) is 9.17. The van der Waals surface area contributed by atoms with E-state index in [9.17, 15) is 9.90 Å². The van der Waals surface area contributed by atoms with Gasteiger partial charge in [0, 0.05) is 6.42 Å². The monoisotopic (exact) mass is 538 g/mol. The van der Waals surface area contributed by atoms with Gasteiger partial charge in [-0.2, -0.15) is 0 Å². The molecule has 0 amide bonds. The van der Waals surface area contributed by atoms with Crippen LogP contribution in [-0.4, -0.2) is 112 Å². The molecule has 37 heavy (non-hydrogen) atoms. The number of carbonyl (C=O) groups is 1. The first kappa shape index (κ1) is 36.1. The molecule has 10 nitrogen and oxygen atoms in total. The number of aliphatic hydroxyl groups is 3. The fraction of sp³-hybridized carbons (Fsp3) is 0.963. The number of aliphatic hydroxyl groups excluding tert-OH is 3. The highest BCUT2D eigenvalue weighted by Gasteiger charge is 2.44. The highest BCUT2D eigenvalue weighted by molar-refractivity contribution is 5.69. The van der Waals surface area contributed by atoms with Gasteiger partial charge in [0.25, 0.3) is 0 Å². The van der Waals surface area contributed by atoms with Crippen molar-refractivity contribution in [3.05, 3.63) is 0 Å². The minimum atomic E-state index is -0.554. The lowest BCUT2D eigenvalue weighted by atomic mass is 10.1. The minimum Gasteiger partial charge on any atom is -0.463 e. The Kier molecular flexibility index (Phi) is 24.8. The number of unbranched alkanes of at least 4 members (excludes halogenated alkanes) is 8. The maximum Gasteiger partial charge on any atom is 0.305 e. The molecule has 1 aliphatic rings. The molecule has 3 N–H and O–H groups in total. The van der Waals surface area contributed by atoms with E-state index in [1.807, 2.05) is 0 Å². The molecule has 222 valence electrons. The third kappa shape index (κ3) is 17.4. The van der Waals surface area contributed by atoms with E-state index in [1.54, 1.807) is 0 Å². The SMILES string of the molecule is C.CCCCCCCCCCCC(=O)OCCOCC(OCCO)C1OCC(OCCO)C1OCCO. The molecule has 0 aromatic carbocycles. The molecule has 0 aromatic rings. The average molecular weight is 539 g/mol. The first-order valence-corrected chi connectivity index (χ1v) is 13.7. The largest absolute Gasteiger partial charge is 0.463 e. The predicted octanol–water partition coefficient (Wildman–Crippen LogP) is 2.63. The van der Waals surface area contributed by atoms with E-state index in [2.05, 4.69) is 6.92 Å². The molecule has 1 aliphatic heterocycles. The quantitative estimate of drug-likeness (QED) is 0.118. The standard InChI is InChI=1S/C26H50O10.CH4/c1-2-3-4-5-6-7-8-9-10-11-24(30)34-19-18-31-20-22(32-15-12-27)26-25(35-17-14-29)23(21-36-26)33-16-13-28;/h22-23,25-29H,2-21H2,1H3;1H4. The molecule has 0 aromatic heterocycles. The Morgan fingerprint density at radius 1 is 0.838 bits per heavy atom. The van der Waals surface area contributed by atoms with Gasteiger partial charge in [0.2, 0.25) is 0 Å². The Morgan fingerprint density at radius 2 is 1.46 bits per heavy atom. The zero-order chi connectivity index (χ0) is 26.3. The molecule has 0 bridgehead atoms. The fourth-order valence-electron chi connectivity index (χ4n) is 4.17. The second-order valence-electron chi connectivity index (χ2n) is 9.00. The van der Waals surface area contributed by atoms with Crippen molar-refractivity contribution in [3.8, 4) is 0 Å². The number of carbonyl (C=O) groups excluding carboxylic acids is 1. The van der Waals surface area contributed by atoms with E-state index in [1.165, 1.54) is 38.5 Å². The molecule has 10 heteroatoms. The summed E-state index contributed by atoms with van der Waals surface area (Å²) in [7, 11) is 0. The maximum atomic E-state index is 11.9. The van der Waals surface area contributed by atoms with Crippen LogP contribution in [0.3, 0.4) is 0 Å². The van der Waals surface area contributed by atoms with Crippen LogP contribution in [0.15, 0.2) is 0 Å². The van der Waals surface area contributed by atoms with Crippen molar-refractivity contribution in [1.29, 1.82) is 0 Å². The molecule has 0 spiro atoms. The summed E-state index contributed by atoms with van der Waals surface area (Å²) in [5, 5.41) is 27.4. The Labute approximate surface area is 223 Å². The predicted molar refractivity (Wildman–Crippen MR) is 141 cm³/mol. The molecule has 1 rings (SSSR count). The lowest BCUT2D eigenvalue weighted by molar-refractivity contribution is -0.149. The number of hydrogen-bond donors (Lipinski definition) is 3. The summed E-state index contributed by atoms with van der Waals surface area (Å²) in [6.45, 7) is 2.88. The Morgan fingerprint density at radius 3 is 2.11 bits per heavy atom. The van der Waals surface area contributed by atoms with Gasteiger partial charge >= 0.3 is 5.97 Å². The lowest BCUT2D eigenvalue weighted by Gasteiger charge is -2.29. The maximum absolute atomic E-state index is 11.9. The summed E-state index contributed by atoms with van der Waals surface area (Å²) < 4.78 is 33.8. The first-order chi connectivity index (χ1) is 17.7. The van der Waals surface area contributed by atoms with Gasteiger partial charge in [-0.15, -0.1) is 0 Å². The fourth-order valence-corrected chi connectivity index (χ4v) is 4.17. The normalized spacial score (nSPS) is 20.1. The topological polar surface area (TPSA) is 133 Å². The van der Waals surface area contributed by atoms with Gasteiger partial charge in [-0.3, -0.25) is 4.79 Å².